The standard InChI is InChI=1S/C6H10N2O5/c7-6(13)8-3(5(11)12)1-2-4(9)10/h3H,1-2H2,(H,9,10)(H,11,12)(H3,7,8,13)/t3-/m0/s1. The summed E-state index contributed by atoms with van der Waals surface area (Å²) in [5.74, 6) is -2.43. The predicted octanol–water partition coefficient (Wildman–Crippen LogP) is -1.03. The van der Waals surface area contributed by atoms with Gasteiger partial charge in [-0.1, -0.05) is 0 Å². The van der Waals surface area contributed by atoms with Gasteiger partial charge < -0.3 is 21.3 Å². The number of carbonyl (C=O) groups is 3. The maximum absolute atomic E-state index is 10.4. The zero-order valence-electron chi connectivity index (χ0n) is 6.69. The zero-order valence-corrected chi connectivity index (χ0v) is 6.69. The third-order valence-corrected chi connectivity index (χ3v) is 1.26. The molecule has 7 heteroatoms. The lowest BCUT2D eigenvalue weighted by Crippen LogP contribution is -2.43. The van der Waals surface area contributed by atoms with Crippen LogP contribution in [0.25, 0.3) is 0 Å². The Bertz CT molecular complexity index is 227. The van der Waals surface area contributed by atoms with Gasteiger partial charge in [-0.2, -0.15) is 0 Å². The summed E-state index contributed by atoms with van der Waals surface area (Å²) in [6, 6.07) is -2.23. The molecule has 7 nitrogen and oxygen atoms in total. The lowest BCUT2D eigenvalue weighted by atomic mass is 10.1. The number of aliphatic carboxylic acids is 2. The van der Waals surface area contributed by atoms with Gasteiger partial charge in [0, 0.05) is 6.42 Å². The predicted molar refractivity (Wildman–Crippen MR) is 41.0 cm³/mol. The molecule has 0 aliphatic carbocycles. The molecule has 0 heterocycles. The summed E-state index contributed by atoms with van der Waals surface area (Å²) in [5, 5.41) is 18.6. The molecule has 0 aliphatic heterocycles. The molecule has 0 fully saturated rings. The van der Waals surface area contributed by atoms with Crippen molar-refractivity contribution in [1.29, 1.82) is 0 Å². The van der Waals surface area contributed by atoms with E-state index in [0.717, 1.165) is 0 Å². The summed E-state index contributed by atoms with van der Waals surface area (Å²) in [7, 11) is 0. The van der Waals surface area contributed by atoms with Crippen LogP contribution in [0.15, 0.2) is 0 Å². The summed E-state index contributed by atoms with van der Waals surface area (Å²) < 4.78 is 0. The molecule has 0 aromatic rings. The fraction of sp³-hybridized carbons (Fsp3) is 0.500. The van der Waals surface area contributed by atoms with Crippen molar-refractivity contribution in [2.45, 2.75) is 18.9 Å². The largest absolute Gasteiger partial charge is 0.481 e. The van der Waals surface area contributed by atoms with E-state index >= 15 is 0 Å². The Morgan fingerprint density at radius 1 is 1.31 bits per heavy atom. The number of hydrogen-bond donors (Lipinski definition) is 4. The number of primary amides is 1. The molecule has 1 atom stereocenters. The van der Waals surface area contributed by atoms with Gasteiger partial charge in [0.2, 0.25) is 0 Å². The first-order valence-corrected chi connectivity index (χ1v) is 3.44. The number of nitrogens with one attached hydrogen (secondary N) is 1. The SMILES string of the molecule is NC(=O)N[C@@H](CCC(=O)O)C(=O)O. The van der Waals surface area contributed by atoms with Crippen molar-refractivity contribution in [3.8, 4) is 0 Å². The van der Waals surface area contributed by atoms with E-state index in [1.54, 1.807) is 0 Å². The molecule has 0 unspecified atom stereocenters. The Labute approximate surface area is 73.5 Å². The molecule has 0 rings (SSSR count). The Morgan fingerprint density at radius 3 is 2.15 bits per heavy atom. The Morgan fingerprint density at radius 2 is 1.85 bits per heavy atom. The number of carbonyl (C=O) groups excluding carboxylic acids is 1. The van der Waals surface area contributed by atoms with Gasteiger partial charge in [0.25, 0.3) is 0 Å². The van der Waals surface area contributed by atoms with Crippen molar-refractivity contribution in [2.75, 3.05) is 0 Å². The number of carboxylic acid groups (broad SMARTS) is 2. The van der Waals surface area contributed by atoms with Crippen LogP contribution in [0.4, 0.5) is 4.79 Å². The molecule has 2 amide bonds. The average Bonchev–Trinajstić information content (AvgIpc) is 1.96. The summed E-state index contributed by atoms with van der Waals surface area (Å²) in [6.07, 6.45) is -0.523. The maximum Gasteiger partial charge on any atom is 0.326 e. The first kappa shape index (κ1) is 11.2. The number of urea groups is 1. The lowest BCUT2D eigenvalue weighted by Gasteiger charge is -2.10. The Kier molecular flexibility index (Phi) is 4.28. The number of hydrogen-bond acceptors (Lipinski definition) is 3. The first-order valence-electron chi connectivity index (χ1n) is 3.44. The van der Waals surface area contributed by atoms with Crippen molar-refractivity contribution in [2.24, 2.45) is 5.73 Å². The second-order valence-electron chi connectivity index (χ2n) is 2.33. The maximum atomic E-state index is 10.4. The van der Waals surface area contributed by atoms with Crippen molar-refractivity contribution < 1.29 is 24.6 Å². The van der Waals surface area contributed by atoms with E-state index in [4.69, 9.17) is 10.2 Å². The second kappa shape index (κ2) is 4.96. The highest BCUT2D eigenvalue weighted by Gasteiger charge is 2.19. The third kappa shape index (κ3) is 5.48. The van der Waals surface area contributed by atoms with Crippen molar-refractivity contribution in [1.82, 2.24) is 5.32 Å². The van der Waals surface area contributed by atoms with Crippen molar-refractivity contribution in [3.05, 3.63) is 0 Å². The number of rotatable bonds is 5. The van der Waals surface area contributed by atoms with E-state index in [2.05, 4.69) is 5.73 Å². The van der Waals surface area contributed by atoms with Crippen LogP contribution in [0.3, 0.4) is 0 Å². The van der Waals surface area contributed by atoms with E-state index in [0.29, 0.717) is 0 Å². The fourth-order valence-electron chi connectivity index (χ4n) is 0.697. The van der Waals surface area contributed by atoms with Crippen LogP contribution in [0.5, 0.6) is 0 Å². The summed E-state index contributed by atoms with van der Waals surface area (Å²) in [6.45, 7) is 0. The molecule has 0 aliphatic rings. The smallest absolute Gasteiger partial charge is 0.326 e. The second-order valence-corrected chi connectivity index (χ2v) is 2.33. The molecule has 0 radical (unpaired) electrons. The topological polar surface area (TPSA) is 130 Å². The normalized spacial score (nSPS) is 11.7. The molecule has 0 aromatic heterocycles. The number of amides is 2. The van der Waals surface area contributed by atoms with Crippen LogP contribution in [0.2, 0.25) is 0 Å². The monoisotopic (exact) mass is 190 g/mol. The minimum Gasteiger partial charge on any atom is -0.481 e. The van der Waals surface area contributed by atoms with E-state index in [1.807, 2.05) is 5.32 Å². The highest BCUT2D eigenvalue weighted by molar-refractivity contribution is 5.82. The molecule has 0 saturated heterocycles. The van der Waals surface area contributed by atoms with Gasteiger partial charge in [-0.05, 0) is 6.42 Å². The number of nitrogens with two attached hydrogens (primary N) is 1. The molecule has 74 valence electrons. The Hall–Kier alpha value is -1.79. The summed E-state index contributed by atoms with van der Waals surface area (Å²) in [5.41, 5.74) is 4.68. The molecule has 5 N–H and O–H groups in total. The Balaban J connectivity index is 4.02. The summed E-state index contributed by atoms with van der Waals surface area (Å²) >= 11 is 0. The van der Waals surface area contributed by atoms with Gasteiger partial charge in [-0.25, -0.2) is 9.59 Å². The van der Waals surface area contributed by atoms with Gasteiger partial charge in [0.05, 0.1) is 0 Å². The molecular weight excluding hydrogens is 180 g/mol. The molecule has 0 bridgehead atoms. The summed E-state index contributed by atoms with van der Waals surface area (Å²) in [4.78, 5) is 30.7. The van der Waals surface area contributed by atoms with E-state index < -0.39 is 24.0 Å². The van der Waals surface area contributed by atoms with Crippen LogP contribution < -0.4 is 11.1 Å². The third-order valence-electron chi connectivity index (χ3n) is 1.26. The van der Waals surface area contributed by atoms with E-state index in [-0.39, 0.29) is 12.8 Å². The molecule has 0 spiro atoms. The van der Waals surface area contributed by atoms with Crippen LogP contribution >= 0.6 is 0 Å². The van der Waals surface area contributed by atoms with Gasteiger partial charge in [-0.15, -0.1) is 0 Å². The van der Waals surface area contributed by atoms with Crippen LogP contribution in [0.1, 0.15) is 12.8 Å². The molecular formula is C6H10N2O5. The van der Waals surface area contributed by atoms with Gasteiger partial charge >= 0.3 is 18.0 Å². The van der Waals surface area contributed by atoms with Crippen molar-refractivity contribution >= 4 is 18.0 Å². The molecule has 0 aromatic carbocycles. The fourth-order valence-corrected chi connectivity index (χ4v) is 0.697. The van der Waals surface area contributed by atoms with Crippen LogP contribution in [-0.2, 0) is 9.59 Å². The molecule has 0 saturated carbocycles. The van der Waals surface area contributed by atoms with E-state index in [1.165, 1.54) is 0 Å². The number of carboxylic acids is 2. The van der Waals surface area contributed by atoms with Gasteiger partial charge in [0.1, 0.15) is 6.04 Å². The first-order chi connectivity index (χ1) is 5.93. The molecule has 13 heavy (non-hydrogen) atoms. The van der Waals surface area contributed by atoms with Gasteiger partial charge in [0.15, 0.2) is 0 Å². The zero-order chi connectivity index (χ0) is 10.4. The van der Waals surface area contributed by atoms with Crippen LogP contribution in [-0.4, -0.2) is 34.2 Å². The average molecular weight is 190 g/mol. The minimum atomic E-state index is -1.31. The van der Waals surface area contributed by atoms with Gasteiger partial charge in [-0.3, -0.25) is 4.79 Å². The lowest BCUT2D eigenvalue weighted by molar-refractivity contribution is -0.140. The van der Waals surface area contributed by atoms with E-state index in [9.17, 15) is 14.4 Å². The highest BCUT2D eigenvalue weighted by Crippen LogP contribution is 1.97. The van der Waals surface area contributed by atoms with Crippen LogP contribution in [0, 0.1) is 0 Å². The van der Waals surface area contributed by atoms with Crippen molar-refractivity contribution in [3.63, 3.8) is 0 Å². The quantitative estimate of drug-likeness (QED) is 0.440. The minimum absolute atomic E-state index is 0.187. The highest BCUT2D eigenvalue weighted by atomic mass is 16.4.